The zero-order chi connectivity index (χ0) is 9.26. The average molecular weight is 274 g/mol. The molecule has 0 saturated heterocycles. The van der Waals surface area contributed by atoms with E-state index in [4.69, 9.17) is 12.2 Å². The number of aromatic amines is 1. The van der Waals surface area contributed by atoms with Crippen LogP contribution >= 0.6 is 39.5 Å². The van der Waals surface area contributed by atoms with Crippen LogP contribution in [-0.4, -0.2) is 15.0 Å². The number of hydrogen-bond acceptors (Lipinski definition) is 4. The Kier molecular flexibility index (Phi) is 2.52. The molecule has 2 aromatic rings. The maximum atomic E-state index is 5.05. The minimum absolute atomic E-state index is 0.637. The van der Waals surface area contributed by atoms with Crippen LogP contribution in [0.5, 0.6) is 0 Å². The number of rotatable bonds is 1. The molecule has 0 fully saturated rings. The highest BCUT2D eigenvalue weighted by Gasteiger charge is 2.01. The number of aromatic nitrogens is 3. The number of nitrogens with zero attached hydrogens (tertiary/aromatic N) is 2. The maximum absolute atomic E-state index is 5.05. The number of thiazole rings is 1. The minimum atomic E-state index is 0.637. The van der Waals surface area contributed by atoms with Crippen molar-refractivity contribution in [2.75, 3.05) is 0 Å². The highest BCUT2D eigenvalue weighted by Crippen LogP contribution is 2.16. The second-order valence-electron chi connectivity index (χ2n) is 2.28. The van der Waals surface area contributed by atoms with Crippen molar-refractivity contribution >= 4 is 39.5 Å². The SMILES string of the molecule is S=c1[nH]c(-c2cscn2)ncc1Br. The van der Waals surface area contributed by atoms with Crippen LogP contribution in [0.25, 0.3) is 11.5 Å². The third-order valence-corrected chi connectivity index (χ3v) is 3.20. The molecule has 2 heterocycles. The van der Waals surface area contributed by atoms with Crippen molar-refractivity contribution in [1.82, 2.24) is 15.0 Å². The molecule has 66 valence electrons. The van der Waals surface area contributed by atoms with Crippen LogP contribution in [0.3, 0.4) is 0 Å². The number of H-pyrrole nitrogens is 1. The molecule has 3 nitrogen and oxygen atoms in total. The highest BCUT2D eigenvalue weighted by atomic mass is 79.9. The molecule has 0 aromatic carbocycles. The number of halogens is 1. The van der Waals surface area contributed by atoms with Crippen LogP contribution < -0.4 is 0 Å². The summed E-state index contributed by atoms with van der Waals surface area (Å²) in [5, 5.41) is 1.92. The summed E-state index contributed by atoms with van der Waals surface area (Å²) < 4.78 is 1.43. The molecule has 0 unspecified atom stereocenters. The molecule has 0 saturated carbocycles. The molecule has 0 amide bonds. The van der Waals surface area contributed by atoms with Crippen LogP contribution in [0.1, 0.15) is 0 Å². The first kappa shape index (κ1) is 8.98. The van der Waals surface area contributed by atoms with E-state index in [2.05, 4.69) is 30.9 Å². The van der Waals surface area contributed by atoms with Crippen molar-refractivity contribution in [3.63, 3.8) is 0 Å². The normalized spacial score (nSPS) is 10.2. The quantitative estimate of drug-likeness (QED) is 0.813. The van der Waals surface area contributed by atoms with Gasteiger partial charge in [-0.15, -0.1) is 11.3 Å². The minimum Gasteiger partial charge on any atom is -0.328 e. The molecular weight excluding hydrogens is 270 g/mol. The lowest BCUT2D eigenvalue weighted by molar-refractivity contribution is 1.12. The van der Waals surface area contributed by atoms with Gasteiger partial charge in [-0.1, -0.05) is 12.2 Å². The Hall–Kier alpha value is -0.590. The first-order valence-electron chi connectivity index (χ1n) is 3.41. The molecule has 0 aliphatic rings. The summed E-state index contributed by atoms with van der Waals surface area (Å²) in [6, 6.07) is 0. The van der Waals surface area contributed by atoms with Crippen molar-refractivity contribution in [3.05, 3.63) is 26.2 Å². The van der Waals surface area contributed by atoms with E-state index in [1.807, 2.05) is 5.38 Å². The van der Waals surface area contributed by atoms with E-state index in [0.717, 1.165) is 10.2 Å². The van der Waals surface area contributed by atoms with Gasteiger partial charge in [0.2, 0.25) is 0 Å². The molecule has 0 aliphatic carbocycles. The van der Waals surface area contributed by atoms with E-state index < -0.39 is 0 Å². The summed E-state index contributed by atoms with van der Waals surface area (Å²) in [5.41, 5.74) is 2.58. The Balaban J connectivity index is 2.55. The molecule has 2 aromatic heterocycles. The third kappa shape index (κ3) is 1.84. The second-order valence-corrected chi connectivity index (χ2v) is 4.26. The summed E-state index contributed by atoms with van der Waals surface area (Å²) in [7, 11) is 0. The van der Waals surface area contributed by atoms with Gasteiger partial charge in [0.1, 0.15) is 10.3 Å². The molecule has 0 bridgehead atoms. The summed E-state index contributed by atoms with van der Waals surface area (Å²) in [5.74, 6) is 0.703. The molecule has 0 spiro atoms. The van der Waals surface area contributed by atoms with E-state index in [1.54, 1.807) is 11.7 Å². The Morgan fingerprint density at radius 2 is 2.31 bits per heavy atom. The van der Waals surface area contributed by atoms with E-state index in [0.29, 0.717) is 10.5 Å². The van der Waals surface area contributed by atoms with Crippen LogP contribution in [0, 0.1) is 4.64 Å². The predicted molar refractivity (Wildman–Crippen MR) is 58.2 cm³/mol. The molecule has 0 atom stereocenters. The molecule has 6 heteroatoms. The Morgan fingerprint density at radius 3 is 2.92 bits per heavy atom. The topological polar surface area (TPSA) is 41.6 Å². The standard InChI is InChI=1S/C7H4BrN3S2/c8-4-1-9-6(11-7(4)12)5-2-13-3-10-5/h1-3H,(H,9,11,12). The number of hydrogen-bond donors (Lipinski definition) is 1. The van der Waals surface area contributed by atoms with Gasteiger partial charge in [-0.25, -0.2) is 9.97 Å². The molecule has 2 rings (SSSR count). The summed E-state index contributed by atoms with van der Waals surface area (Å²) >= 11 is 9.85. The fourth-order valence-corrected chi connectivity index (χ4v) is 1.73. The van der Waals surface area contributed by atoms with Gasteiger partial charge in [0.25, 0.3) is 0 Å². The third-order valence-electron chi connectivity index (χ3n) is 1.43. The predicted octanol–water partition coefficient (Wildman–Crippen LogP) is 3.03. The first-order chi connectivity index (χ1) is 6.27. The zero-order valence-electron chi connectivity index (χ0n) is 6.32. The van der Waals surface area contributed by atoms with Gasteiger partial charge in [0.05, 0.1) is 9.98 Å². The summed E-state index contributed by atoms with van der Waals surface area (Å²) in [6.45, 7) is 0. The van der Waals surface area contributed by atoms with Crippen molar-refractivity contribution < 1.29 is 0 Å². The Morgan fingerprint density at radius 1 is 1.46 bits per heavy atom. The fraction of sp³-hybridized carbons (Fsp3) is 0. The lowest BCUT2D eigenvalue weighted by atomic mass is 10.4. The lowest BCUT2D eigenvalue weighted by Gasteiger charge is -1.96. The zero-order valence-corrected chi connectivity index (χ0v) is 9.54. The van der Waals surface area contributed by atoms with Crippen molar-refractivity contribution in [2.45, 2.75) is 0 Å². The van der Waals surface area contributed by atoms with Gasteiger partial charge in [-0.2, -0.15) is 0 Å². The van der Waals surface area contributed by atoms with Crippen molar-refractivity contribution in [1.29, 1.82) is 0 Å². The summed E-state index contributed by atoms with van der Waals surface area (Å²) in [6.07, 6.45) is 1.67. The van der Waals surface area contributed by atoms with Gasteiger partial charge >= 0.3 is 0 Å². The van der Waals surface area contributed by atoms with Crippen molar-refractivity contribution in [3.8, 4) is 11.5 Å². The van der Waals surface area contributed by atoms with E-state index >= 15 is 0 Å². The van der Waals surface area contributed by atoms with Gasteiger partial charge in [0.15, 0.2) is 5.82 Å². The van der Waals surface area contributed by atoms with Gasteiger partial charge in [0, 0.05) is 11.6 Å². The van der Waals surface area contributed by atoms with Crippen LogP contribution in [0.15, 0.2) is 21.6 Å². The van der Waals surface area contributed by atoms with Gasteiger partial charge in [-0.05, 0) is 15.9 Å². The molecular formula is C7H4BrN3S2. The van der Waals surface area contributed by atoms with Crippen molar-refractivity contribution in [2.24, 2.45) is 0 Å². The number of nitrogens with one attached hydrogen (secondary N) is 1. The van der Waals surface area contributed by atoms with E-state index in [9.17, 15) is 0 Å². The van der Waals surface area contributed by atoms with Crippen LogP contribution in [0.2, 0.25) is 0 Å². The van der Waals surface area contributed by atoms with E-state index in [1.165, 1.54) is 11.3 Å². The van der Waals surface area contributed by atoms with Crippen LogP contribution in [0.4, 0.5) is 0 Å². The summed E-state index contributed by atoms with van der Waals surface area (Å²) in [4.78, 5) is 11.3. The van der Waals surface area contributed by atoms with Gasteiger partial charge < -0.3 is 4.98 Å². The molecule has 0 radical (unpaired) electrons. The average Bonchev–Trinajstić information content (AvgIpc) is 2.62. The van der Waals surface area contributed by atoms with Crippen LogP contribution in [-0.2, 0) is 0 Å². The maximum Gasteiger partial charge on any atom is 0.157 e. The second kappa shape index (κ2) is 3.65. The van der Waals surface area contributed by atoms with E-state index in [-0.39, 0.29) is 0 Å². The molecule has 0 aliphatic heterocycles. The van der Waals surface area contributed by atoms with Gasteiger partial charge in [-0.3, -0.25) is 0 Å². The smallest absolute Gasteiger partial charge is 0.157 e. The largest absolute Gasteiger partial charge is 0.328 e. The Labute approximate surface area is 92.0 Å². The lowest BCUT2D eigenvalue weighted by Crippen LogP contribution is -1.89. The fourth-order valence-electron chi connectivity index (χ4n) is 0.839. The Bertz CT molecular complexity index is 463. The monoisotopic (exact) mass is 273 g/mol. The first-order valence-corrected chi connectivity index (χ1v) is 5.55. The molecule has 13 heavy (non-hydrogen) atoms. The molecule has 1 N–H and O–H groups in total. The highest BCUT2D eigenvalue weighted by molar-refractivity contribution is 9.10.